The maximum Gasteiger partial charge on any atom is 0.285 e. The number of nitrogens with two attached hydrogens (primary N) is 1. The van der Waals surface area contributed by atoms with Gasteiger partial charge in [-0.05, 0) is 70.4 Å². The lowest BCUT2D eigenvalue weighted by Gasteiger charge is -2.16. The van der Waals surface area contributed by atoms with Crippen molar-refractivity contribution in [1.29, 1.82) is 0 Å². The lowest BCUT2D eigenvalue weighted by Crippen LogP contribution is -2.33. The number of hydrogen-bond acceptors (Lipinski definition) is 7. The van der Waals surface area contributed by atoms with Crippen LogP contribution in [0.5, 0.6) is 5.75 Å². The van der Waals surface area contributed by atoms with E-state index in [4.69, 9.17) is 27.2 Å². The zero-order valence-electron chi connectivity index (χ0n) is 22.6. The van der Waals surface area contributed by atoms with Crippen LogP contribution in [0.2, 0.25) is 5.02 Å². The van der Waals surface area contributed by atoms with Crippen molar-refractivity contribution in [1.82, 2.24) is 25.6 Å². The Bertz CT molecular complexity index is 1860. The predicted octanol–water partition coefficient (Wildman–Crippen LogP) is 4.61. The molecule has 11 nitrogen and oxygen atoms in total. The second-order valence-corrected chi connectivity index (χ2v) is 11.7. The molecule has 2 heterocycles. The van der Waals surface area contributed by atoms with Crippen molar-refractivity contribution in [2.24, 2.45) is 15.2 Å². The standard InChI is InChI=1S/C30H25ClN8O3S/c31-24-12-16-26(17-13-24)43(40,41)36-30(32)39-18-27(21-4-2-1-3-5-21)28(35-39)22-10-14-25(15-11-22)42-19-20-6-8-23(9-7-20)29-33-37-38-34-29/h1-17,27H,18-19H2,(H2,32,36)(H,33,34,37,38). The number of aromatic nitrogens is 4. The number of hydrogen-bond donors (Lipinski definition) is 2. The molecule has 1 unspecified atom stereocenters. The molecule has 0 saturated heterocycles. The van der Waals surface area contributed by atoms with Gasteiger partial charge in [0.1, 0.15) is 12.4 Å². The van der Waals surface area contributed by atoms with Gasteiger partial charge in [-0.1, -0.05) is 66.2 Å². The smallest absolute Gasteiger partial charge is 0.285 e. The summed E-state index contributed by atoms with van der Waals surface area (Å²) >= 11 is 5.90. The number of aromatic amines is 1. The third-order valence-corrected chi connectivity index (χ3v) is 8.37. The molecule has 1 aromatic heterocycles. The molecule has 0 amide bonds. The Morgan fingerprint density at radius 1 is 0.953 bits per heavy atom. The maximum absolute atomic E-state index is 12.9. The number of nitrogens with one attached hydrogen (secondary N) is 1. The Morgan fingerprint density at radius 3 is 2.33 bits per heavy atom. The second-order valence-electron chi connectivity index (χ2n) is 9.65. The highest BCUT2D eigenvalue weighted by Gasteiger charge is 2.31. The number of sulfonamides is 1. The van der Waals surface area contributed by atoms with E-state index in [1.165, 1.54) is 29.3 Å². The summed E-state index contributed by atoms with van der Waals surface area (Å²) in [5, 5.41) is 20.5. The third kappa shape index (κ3) is 6.40. The topological polar surface area (TPSA) is 152 Å². The summed E-state index contributed by atoms with van der Waals surface area (Å²) in [6.45, 7) is 0.700. The van der Waals surface area contributed by atoms with Crippen LogP contribution >= 0.6 is 11.6 Å². The van der Waals surface area contributed by atoms with E-state index in [-0.39, 0.29) is 16.8 Å². The van der Waals surface area contributed by atoms with Crippen molar-refractivity contribution in [3.8, 4) is 17.1 Å². The molecule has 216 valence electrons. The maximum atomic E-state index is 12.9. The zero-order chi connectivity index (χ0) is 29.8. The first-order valence-electron chi connectivity index (χ1n) is 13.2. The van der Waals surface area contributed by atoms with Gasteiger partial charge in [-0.2, -0.15) is 18.7 Å². The van der Waals surface area contributed by atoms with Crippen LogP contribution in [-0.4, -0.2) is 52.3 Å². The normalized spacial score (nSPS) is 15.4. The lowest BCUT2D eigenvalue weighted by atomic mass is 9.90. The molecule has 1 atom stereocenters. The Labute approximate surface area is 252 Å². The molecule has 0 aliphatic carbocycles. The first-order chi connectivity index (χ1) is 20.9. The van der Waals surface area contributed by atoms with E-state index in [1.807, 2.05) is 78.9 Å². The van der Waals surface area contributed by atoms with E-state index in [0.29, 0.717) is 29.7 Å². The summed E-state index contributed by atoms with van der Waals surface area (Å²) in [5.41, 5.74) is 10.6. The molecule has 0 bridgehead atoms. The summed E-state index contributed by atoms with van der Waals surface area (Å²) < 4.78 is 35.6. The van der Waals surface area contributed by atoms with Crippen molar-refractivity contribution in [2.45, 2.75) is 17.4 Å². The fourth-order valence-corrected chi connectivity index (χ4v) is 5.66. The lowest BCUT2D eigenvalue weighted by molar-refractivity contribution is 0.306. The fourth-order valence-electron chi connectivity index (χ4n) is 4.60. The van der Waals surface area contributed by atoms with Gasteiger partial charge in [-0.3, -0.25) is 0 Å². The summed E-state index contributed by atoms with van der Waals surface area (Å²) in [6, 6.07) is 30.9. The molecule has 0 radical (unpaired) electrons. The molecule has 0 fully saturated rings. The minimum atomic E-state index is -4.06. The van der Waals surface area contributed by atoms with Crippen LogP contribution in [0.1, 0.15) is 22.6 Å². The third-order valence-electron chi connectivity index (χ3n) is 6.82. The summed E-state index contributed by atoms with van der Waals surface area (Å²) in [6.07, 6.45) is 0. The van der Waals surface area contributed by atoms with Gasteiger partial charge in [0.25, 0.3) is 10.0 Å². The Balaban J connectivity index is 1.20. The van der Waals surface area contributed by atoms with Crippen molar-refractivity contribution in [3.63, 3.8) is 0 Å². The van der Waals surface area contributed by atoms with Crippen LogP contribution in [0, 0.1) is 0 Å². The molecule has 5 aromatic rings. The van der Waals surface area contributed by atoms with E-state index in [9.17, 15) is 8.42 Å². The van der Waals surface area contributed by atoms with Crippen molar-refractivity contribution < 1.29 is 13.2 Å². The van der Waals surface area contributed by atoms with Gasteiger partial charge in [0.15, 0.2) is 0 Å². The second kappa shape index (κ2) is 12.0. The number of guanidine groups is 1. The molecule has 13 heteroatoms. The molecular formula is C30H25ClN8O3S. The highest BCUT2D eigenvalue weighted by atomic mass is 35.5. The van der Waals surface area contributed by atoms with E-state index in [1.54, 1.807) is 0 Å². The van der Waals surface area contributed by atoms with Gasteiger partial charge in [-0.15, -0.1) is 14.6 Å². The van der Waals surface area contributed by atoms with E-state index in [2.05, 4.69) is 25.0 Å². The number of nitrogens with zero attached hydrogens (tertiary/aromatic N) is 6. The average molecular weight is 613 g/mol. The number of tetrazole rings is 1. The molecule has 1 aliphatic heterocycles. The number of benzene rings is 4. The summed E-state index contributed by atoms with van der Waals surface area (Å²) in [4.78, 5) is -0.0126. The highest BCUT2D eigenvalue weighted by Crippen LogP contribution is 2.30. The van der Waals surface area contributed by atoms with Gasteiger partial charge in [0, 0.05) is 16.5 Å². The Hall–Kier alpha value is -5.07. The number of halogens is 1. The first kappa shape index (κ1) is 28.1. The average Bonchev–Trinajstić information content (AvgIpc) is 3.73. The first-order valence-corrected chi connectivity index (χ1v) is 15.0. The van der Waals surface area contributed by atoms with Crippen LogP contribution in [0.4, 0.5) is 0 Å². The monoisotopic (exact) mass is 612 g/mol. The molecule has 4 aromatic carbocycles. The van der Waals surface area contributed by atoms with Gasteiger partial charge >= 0.3 is 0 Å². The molecule has 6 rings (SSSR count). The molecule has 0 spiro atoms. The number of H-pyrrole nitrogens is 1. The SMILES string of the molecule is N/C(=N\S(=O)(=O)c1ccc(Cl)cc1)N1CC(c2ccccc2)C(c2ccc(OCc3ccc(-c4nn[nH]n4)cc3)cc2)=N1. The highest BCUT2D eigenvalue weighted by molar-refractivity contribution is 7.90. The number of hydrazone groups is 1. The van der Waals surface area contributed by atoms with Gasteiger partial charge < -0.3 is 10.5 Å². The van der Waals surface area contributed by atoms with Gasteiger partial charge in [0.2, 0.25) is 11.8 Å². The molecular weight excluding hydrogens is 588 g/mol. The Morgan fingerprint density at radius 2 is 1.65 bits per heavy atom. The van der Waals surface area contributed by atoms with Crippen LogP contribution < -0.4 is 10.5 Å². The molecule has 1 aliphatic rings. The van der Waals surface area contributed by atoms with Crippen LogP contribution in [0.3, 0.4) is 0 Å². The minimum absolute atomic E-state index is 0.0126. The van der Waals surface area contributed by atoms with Crippen molar-refractivity contribution in [3.05, 3.63) is 125 Å². The van der Waals surface area contributed by atoms with E-state index >= 15 is 0 Å². The Kier molecular flexibility index (Phi) is 7.86. The number of rotatable bonds is 8. The number of ether oxygens (including phenoxy) is 1. The molecule has 0 saturated carbocycles. The van der Waals surface area contributed by atoms with Crippen LogP contribution in [-0.2, 0) is 16.6 Å². The van der Waals surface area contributed by atoms with E-state index in [0.717, 1.165) is 28.0 Å². The van der Waals surface area contributed by atoms with Crippen LogP contribution in [0.25, 0.3) is 11.4 Å². The largest absolute Gasteiger partial charge is 0.489 e. The van der Waals surface area contributed by atoms with Gasteiger partial charge in [0.05, 0.1) is 17.2 Å². The quantitative estimate of drug-likeness (QED) is 0.190. The van der Waals surface area contributed by atoms with E-state index < -0.39 is 10.0 Å². The van der Waals surface area contributed by atoms with Crippen LogP contribution in [0.15, 0.2) is 118 Å². The van der Waals surface area contributed by atoms with Crippen molar-refractivity contribution in [2.75, 3.05) is 6.54 Å². The van der Waals surface area contributed by atoms with Gasteiger partial charge in [-0.25, -0.2) is 5.01 Å². The predicted molar refractivity (Wildman–Crippen MR) is 163 cm³/mol. The fraction of sp³-hybridized carbons (Fsp3) is 0.100. The van der Waals surface area contributed by atoms with Crippen molar-refractivity contribution >= 4 is 33.3 Å². The molecule has 3 N–H and O–H groups in total. The zero-order valence-corrected chi connectivity index (χ0v) is 24.2. The summed E-state index contributed by atoms with van der Waals surface area (Å²) in [5.74, 6) is 0.822. The molecule has 43 heavy (non-hydrogen) atoms. The minimum Gasteiger partial charge on any atom is -0.489 e. The summed E-state index contributed by atoms with van der Waals surface area (Å²) in [7, 11) is -4.06.